The van der Waals surface area contributed by atoms with Gasteiger partial charge in [0.05, 0.1) is 11.5 Å². The van der Waals surface area contributed by atoms with E-state index in [9.17, 15) is 27.9 Å². The van der Waals surface area contributed by atoms with E-state index in [2.05, 4.69) is 0 Å². The Labute approximate surface area is 168 Å². The van der Waals surface area contributed by atoms with Gasteiger partial charge in [-0.2, -0.15) is 13.2 Å². The van der Waals surface area contributed by atoms with Crippen molar-refractivity contribution in [3.05, 3.63) is 35.9 Å². The Hall–Kier alpha value is -1.93. The zero-order valence-electron chi connectivity index (χ0n) is 17.1. The minimum absolute atomic E-state index is 0.190. The van der Waals surface area contributed by atoms with Crippen LogP contribution in [-0.2, 0) is 24.7 Å². The molecule has 0 saturated heterocycles. The number of ether oxygens (including phenoxy) is 2. The number of methoxy groups -OCH3 is 1. The predicted molar refractivity (Wildman–Crippen MR) is 98.8 cm³/mol. The van der Waals surface area contributed by atoms with Gasteiger partial charge in [-0.1, -0.05) is 58.0 Å². The maximum atomic E-state index is 14.1. The van der Waals surface area contributed by atoms with E-state index in [1.165, 1.54) is 25.1 Å². The van der Waals surface area contributed by atoms with Gasteiger partial charge in [0.15, 0.2) is 0 Å². The van der Waals surface area contributed by atoms with Crippen LogP contribution in [0.5, 0.6) is 0 Å². The second-order valence-electron chi connectivity index (χ2n) is 7.67. The van der Waals surface area contributed by atoms with Crippen LogP contribution in [0.4, 0.5) is 13.2 Å². The van der Waals surface area contributed by atoms with E-state index in [4.69, 9.17) is 9.47 Å². The first kappa shape index (κ1) is 23.3. The fourth-order valence-corrected chi connectivity index (χ4v) is 4.34. The molecule has 0 aliphatic heterocycles. The number of esters is 1. The van der Waals surface area contributed by atoms with E-state index < -0.39 is 52.8 Å². The van der Waals surface area contributed by atoms with Crippen molar-refractivity contribution in [3.8, 4) is 0 Å². The molecule has 0 bridgehead atoms. The number of hydrogen-bond donors (Lipinski definition) is 1. The molecular formula is C21H27F3O5. The first-order chi connectivity index (χ1) is 13.4. The summed E-state index contributed by atoms with van der Waals surface area (Å²) in [7, 11) is 0.783. The number of alkyl halides is 3. The van der Waals surface area contributed by atoms with Gasteiger partial charge in [-0.05, 0) is 6.42 Å². The van der Waals surface area contributed by atoms with Crippen molar-refractivity contribution < 1.29 is 37.3 Å². The molecular weight excluding hydrogens is 389 g/mol. The molecule has 0 aromatic heterocycles. The molecule has 0 radical (unpaired) electrons. The largest absolute Gasteiger partial charge is 0.459 e. The Morgan fingerprint density at radius 1 is 1.17 bits per heavy atom. The first-order valence-corrected chi connectivity index (χ1v) is 9.53. The number of halogens is 3. The zero-order valence-corrected chi connectivity index (χ0v) is 17.1. The molecule has 29 heavy (non-hydrogen) atoms. The third-order valence-corrected chi connectivity index (χ3v) is 6.38. The summed E-state index contributed by atoms with van der Waals surface area (Å²) in [5.74, 6) is -4.37. The maximum Gasteiger partial charge on any atom is 0.432 e. The van der Waals surface area contributed by atoms with Crippen LogP contribution in [0.2, 0.25) is 0 Å². The Balaban J connectivity index is 2.50. The second-order valence-corrected chi connectivity index (χ2v) is 7.67. The number of rotatable bonds is 5. The lowest BCUT2D eigenvalue weighted by molar-refractivity contribution is -0.281. The molecule has 1 fully saturated rings. The molecule has 8 heteroatoms. The highest BCUT2D eigenvalue weighted by molar-refractivity contribution is 5.87. The summed E-state index contributed by atoms with van der Waals surface area (Å²) in [5.41, 5.74) is -5.26. The van der Waals surface area contributed by atoms with Crippen molar-refractivity contribution >= 4 is 11.8 Å². The zero-order chi connectivity index (χ0) is 22.2. The highest BCUT2D eigenvalue weighted by Gasteiger charge is 2.65. The monoisotopic (exact) mass is 416 g/mol. The van der Waals surface area contributed by atoms with Crippen LogP contribution in [-0.4, -0.2) is 41.9 Å². The van der Waals surface area contributed by atoms with Crippen molar-refractivity contribution in [2.24, 2.45) is 17.8 Å². The van der Waals surface area contributed by atoms with E-state index in [1.54, 1.807) is 20.8 Å². The molecule has 1 aliphatic carbocycles. The van der Waals surface area contributed by atoms with E-state index in [0.29, 0.717) is 0 Å². The van der Waals surface area contributed by atoms with Gasteiger partial charge in [0.25, 0.3) is 5.60 Å². The first-order valence-electron chi connectivity index (χ1n) is 9.53. The lowest BCUT2D eigenvalue weighted by Gasteiger charge is -2.48. The summed E-state index contributed by atoms with van der Waals surface area (Å²) in [6.45, 7) is 6.32. The van der Waals surface area contributed by atoms with Gasteiger partial charge in [0.2, 0.25) is 0 Å². The molecule has 1 saturated carbocycles. The molecule has 0 amide bonds. The lowest BCUT2D eigenvalue weighted by atomic mass is 9.63. The van der Waals surface area contributed by atoms with Gasteiger partial charge in [0.1, 0.15) is 11.9 Å². The maximum absolute atomic E-state index is 14.1. The number of hydrogen-bond acceptors (Lipinski definition) is 5. The van der Waals surface area contributed by atoms with Crippen molar-refractivity contribution in [2.75, 3.05) is 7.11 Å². The van der Waals surface area contributed by atoms with Gasteiger partial charge in [-0.15, -0.1) is 0 Å². The molecule has 6 atom stereocenters. The van der Waals surface area contributed by atoms with Crippen molar-refractivity contribution in [3.63, 3.8) is 0 Å². The SMILES string of the molecule is CC[C@@]1(O)[C@H](C)C(=O)[C@@H](C)[C@@H](OC(=O)[C@](OC)(c2ccccc2)C(F)(F)F)[C@@H]1C. The molecule has 162 valence electrons. The van der Waals surface area contributed by atoms with Crippen LogP contribution in [0.15, 0.2) is 30.3 Å². The normalized spacial score (nSPS) is 32.5. The lowest BCUT2D eigenvalue weighted by Crippen LogP contribution is -2.61. The van der Waals surface area contributed by atoms with Crippen LogP contribution in [0.1, 0.15) is 39.7 Å². The van der Waals surface area contributed by atoms with Gasteiger partial charge < -0.3 is 14.6 Å². The van der Waals surface area contributed by atoms with Crippen LogP contribution >= 0.6 is 0 Å². The van der Waals surface area contributed by atoms with Gasteiger partial charge >= 0.3 is 12.1 Å². The Bertz CT molecular complexity index is 750. The van der Waals surface area contributed by atoms with E-state index in [-0.39, 0.29) is 12.2 Å². The summed E-state index contributed by atoms with van der Waals surface area (Å²) in [6, 6.07) is 6.48. The molecule has 2 rings (SSSR count). The van der Waals surface area contributed by atoms with Crippen molar-refractivity contribution in [1.82, 2.24) is 0 Å². The van der Waals surface area contributed by atoms with Crippen molar-refractivity contribution in [2.45, 2.75) is 57.6 Å². The van der Waals surface area contributed by atoms with Crippen molar-refractivity contribution in [1.29, 1.82) is 0 Å². The molecule has 1 N–H and O–H groups in total. The molecule has 1 aliphatic rings. The molecule has 0 heterocycles. The standard InChI is InChI=1S/C21H27F3O5/c1-6-19(27)13(3)16(25)12(2)17(14(19)4)29-18(26)20(28-5,21(22,23)24)15-10-8-7-9-11-15/h7-14,17,27H,6H2,1-5H3/t12-,13-,14+,17-,19-,20-/m1/s1. The number of benzene rings is 1. The Morgan fingerprint density at radius 2 is 1.72 bits per heavy atom. The topological polar surface area (TPSA) is 72.8 Å². The predicted octanol–water partition coefficient (Wildman–Crippen LogP) is 3.63. The quantitative estimate of drug-likeness (QED) is 0.742. The highest BCUT2D eigenvalue weighted by atomic mass is 19.4. The Kier molecular flexibility index (Phi) is 6.49. The van der Waals surface area contributed by atoms with Crippen LogP contribution in [0.3, 0.4) is 0 Å². The highest BCUT2D eigenvalue weighted by Crippen LogP contribution is 2.46. The van der Waals surface area contributed by atoms with E-state index in [1.807, 2.05) is 0 Å². The molecule has 1 aromatic carbocycles. The molecule has 0 unspecified atom stereocenters. The van der Waals surface area contributed by atoms with Crippen LogP contribution < -0.4 is 0 Å². The number of aliphatic hydroxyl groups is 1. The average Bonchev–Trinajstić information content (AvgIpc) is 2.69. The van der Waals surface area contributed by atoms with Gasteiger partial charge in [-0.3, -0.25) is 4.79 Å². The summed E-state index contributed by atoms with van der Waals surface area (Å²) < 4.78 is 52.3. The summed E-state index contributed by atoms with van der Waals surface area (Å²) in [6.07, 6.45) is -6.15. The smallest absolute Gasteiger partial charge is 0.432 e. The van der Waals surface area contributed by atoms with Crippen LogP contribution in [0.25, 0.3) is 0 Å². The Morgan fingerprint density at radius 3 is 2.17 bits per heavy atom. The number of Topliss-reactive ketones (excluding diaryl/α,β-unsaturated/α-hetero) is 1. The van der Waals surface area contributed by atoms with Crippen LogP contribution in [0, 0.1) is 17.8 Å². The minimum atomic E-state index is -5.11. The number of carbonyl (C=O) groups is 2. The third-order valence-electron chi connectivity index (χ3n) is 6.38. The fourth-order valence-electron chi connectivity index (χ4n) is 4.34. The minimum Gasteiger partial charge on any atom is -0.459 e. The second kappa shape index (κ2) is 8.07. The molecule has 5 nitrogen and oxygen atoms in total. The number of ketones is 1. The third kappa shape index (κ3) is 3.57. The fraction of sp³-hybridized carbons (Fsp3) is 0.619. The van der Waals surface area contributed by atoms with E-state index in [0.717, 1.165) is 19.2 Å². The number of carbonyl (C=O) groups excluding carboxylic acids is 2. The van der Waals surface area contributed by atoms with Gasteiger partial charge in [-0.25, -0.2) is 4.79 Å². The summed E-state index contributed by atoms with van der Waals surface area (Å²) >= 11 is 0. The molecule has 1 aromatic rings. The molecule has 0 spiro atoms. The van der Waals surface area contributed by atoms with E-state index >= 15 is 0 Å². The summed E-state index contributed by atoms with van der Waals surface area (Å²) in [4.78, 5) is 25.5. The average molecular weight is 416 g/mol. The summed E-state index contributed by atoms with van der Waals surface area (Å²) in [5, 5.41) is 11.0. The van der Waals surface area contributed by atoms with Gasteiger partial charge in [0, 0.05) is 24.5 Å².